The minimum atomic E-state index is 0.553. The maximum Gasteiger partial charge on any atom is 0.294 e. The van der Waals surface area contributed by atoms with Gasteiger partial charge in [-0.2, -0.15) is 4.98 Å². The summed E-state index contributed by atoms with van der Waals surface area (Å²) in [5, 5.41) is 2.86. The quantitative estimate of drug-likeness (QED) is 0.928. The second kappa shape index (κ2) is 4.49. The van der Waals surface area contributed by atoms with Gasteiger partial charge in [0.1, 0.15) is 6.26 Å². The molecular formula is C11H11BrN2O. The zero-order valence-corrected chi connectivity index (χ0v) is 9.91. The second-order valence-electron chi connectivity index (χ2n) is 3.16. The zero-order chi connectivity index (χ0) is 10.7. The SMILES string of the molecule is CNc1nc(Cc2ccccc2Br)co1. The van der Waals surface area contributed by atoms with Crippen LogP contribution in [0.25, 0.3) is 0 Å². The van der Waals surface area contributed by atoms with Crippen LogP contribution >= 0.6 is 15.9 Å². The normalized spacial score (nSPS) is 10.3. The Morgan fingerprint density at radius 1 is 1.40 bits per heavy atom. The second-order valence-corrected chi connectivity index (χ2v) is 4.02. The van der Waals surface area contributed by atoms with Gasteiger partial charge < -0.3 is 9.73 Å². The largest absolute Gasteiger partial charge is 0.432 e. The lowest BCUT2D eigenvalue weighted by atomic mass is 10.1. The molecule has 0 amide bonds. The van der Waals surface area contributed by atoms with E-state index >= 15 is 0 Å². The predicted octanol–water partition coefficient (Wildman–Crippen LogP) is 3.07. The molecule has 3 nitrogen and oxygen atoms in total. The Morgan fingerprint density at radius 3 is 2.87 bits per heavy atom. The lowest BCUT2D eigenvalue weighted by Crippen LogP contribution is -1.91. The van der Waals surface area contributed by atoms with Gasteiger partial charge in [0.2, 0.25) is 0 Å². The lowest BCUT2D eigenvalue weighted by molar-refractivity contribution is 0.574. The van der Waals surface area contributed by atoms with E-state index in [0.717, 1.165) is 16.6 Å². The minimum Gasteiger partial charge on any atom is -0.432 e. The van der Waals surface area contributed by atoms with E-state index in [2.05, 4.69) is 32.3 Å². The van der Waals surface area contributed by atoms with Crippen LogP contribution in [-0.4, -0.2) is 12.0 Å². The standard InChI is InChI=1S/C11H11BrN2O/c1-13-11-14-9(7-15-11)6-8-4-2-3-5-10(8)12/h2-5,7H,6H2,1H3,(H,13,14). The monoisotopic (exact) mass is 266 g/mol. The van der Waals surface area contributed by atoms with Crippen LogP contribution in [0.3, 0.4) is 0 Å². The summed E-state index contributed by atoms with van der Waals surface area (Å²) in [5.74, 6) is 0. The number of nitrogens with zero attached hydrogens (tertiary/aromatic N) is 1. The zero-order valence-electron chi connectivity index (χ0n) is 8.33. The maximum absolute atomic E-state index is 5.19. The minimum absolute atomic E-state index is 0.553. The van der Waals surface area contributed by atoms with Gasteiger partial charge in [-0.05, 0) is 11.6 Å². The van der Waals surface area contributed by atoms with Gasteiger partial charge in [-0.3, -0.25) is 0 Å². The van der Waals surface area contributed by atoms with Crippen molar-refractivity contribution in [2.45, 2.75) is 6.42 Å². The third kappa shape index (κ3) is 2.39. The van der Waals surface area contributed by atoms with Gasteiger partial charge in [-0.25, -0.2) is 0 Å². The Bertz CT molecular complexity index is 453. The van der Waals surface area contributed by atoms with Crippen molar-refractivity contribution in [3.8, 4) is 0 Å². The van der Waals surface area contributed by atoms with Crippen molar-refractivity contribution in [2.75, 3.05) is 12.4 Å². The van der Waals surface area contributed by atoms with Crippen molar-refractivity contribution >= 4 is 21.9 Å². The summed E-state index contributed by atoms with van der Waals surface area (Å²) in [4.78, 5) is 4.27. The van der Waals surface area contributed by atoms with Crippen LogP contribution in [-0.2, 0) is 6.42 Å². The molecule has 0 unspecified atom stereocenters. The molecule has 4 heteroatoms. The summed E-state index contributed by atoms with van der Waals surface area (Å²) in [6, 6.07) is 8.65. The highest BCUT2D eigenvalue weighted by Gasteiger charge is 2.05. The number of hydrogen-bond donors (Lipinski definition) is 1. The van der Waals surface area contributed by atoms with Crippen molar-refractivity contribution in [3.63, 3.8) is 0 Å². The summed E-state index contributed by atoms with van der Waals surface area (Å²) in [6.07, 6.45) is 2.44. The van der Waals surface area contributed by atoms with E-state index in [9.17, 15) is 0 Å². The molecule has 0 aliphatic rings. The van der Waals surface area contributed by atoms with Gasteiger partial charge in [-0.1, -0.05) is 34.1 Å². The molecule has 1 aromatic heterocycles. The number of anilines is 1. The molecule has 0 radical (unpaired) electrons. The Labute approximate surface area is 96.6 Å². The molecule has 0 fully saturated rings. The fourth-order valence-electron chi connectivity index (χ4n) is 1.34. The first kappa shape index (κ1) is 10.2. The molecule has 0 bridgehead atoms. The van der Waals surface area contributed by atoms with Crippen LogP contribution in [0.4, 0.5) is 6.01 Å². The van der Waals surface area contributed by atoms with Crippen LogP contribution in [0.1, 0.15) is 11.3 Å². The number of rotatable bonds is 3. The van der Waals surface area contributed by atoms with Crippen LogP contribution in [0.5, 0.6) is 0 Å². The summed E-state index contributed by atoms with van der Waals surface area (Å²) in [6.45, 7) is 0. The summed E-state index contributed by atoms with van der Waals surface area (Å²) in [7, 11) is 1.79. The van der Waals surface area contributed by atoms with Crippen molar-refractivity contribution in [2.24, 2.45) is 0 Å². The Kier molecular flexibility index (Phi) is 3.06. The van der Waals surface area contributed by atoms with Gasteiger partial charge in [0.15, 0.2) is 0 Å². The molecule has 0 saturated heterocycles. The van der Waals surface area contributed by atoms with Crippen LogP contribution < -0.4 is 5.32 Å². The molecule has 78 valence electrons. The average molecular weight is 267 g/mol. The molecule has 2 aromatic rings. The number of aromatic nitrogens is 1. The number of nitrogens with one attached hydrogen (secondary N) is 1. The lowest BCUT2D eigenvalue weighted by Gasteiger charge is -2.00. The molecule has 1 aromatic carbocycles. The fraction of sp³-hybridized carbons (Fsp3) is 0.182. The van der Waals surface area contributed by atoms with Gasteiger partial charge in [0, 0.05) is 17.9 Å². The topological polar surface area (TPSA) is 38.1 Å². The Hall–Kier alpha value is -1.29. The van der Waals surface area contributed by atoms with Crippen LogP contribution in [0, 0.1) is 0 Å². The smallest absolute Gasteiger partial charge is 0.294 e. The first-order valence-corrected chi connectivity index (χ1v) is 5.44. The first-order chi connectivity index (χ1) is 7.29. The van der Waals surface area contributed by atoms with Gasteiger partial charge in [0.05, 0.1) is 5.69 Å². The average Bonchev–Trinajstić information content (AvgIpc) is 2.69. The molecule has 0 spiro atoms. The number of halogens is 1. The van der Waals surface area contributed by atoms with Crippen molar-refractivity contribution in [3.05, 3.63) is 46.3 Å². The highest BCUT2D eigenvalue weighted by Crippen LogP contribution is 2.19. The Morgan fingerprint density at radius 2 is 2.20 bits per heavy atom. The Balaban J connectivity index is 2.18. The molecule has 1 N–H and O–H groups in total. The highest BCUT2D eigenvalue weighted by atomic mass is 79.9. The predicted molar refractivity (Wildman–Crippen MR) is 63.0 cm³/mol. The molecule has 2 rings (SSSR count). The van der Waals surface area contributed by atoms with E-state index in [-0.39, 0.29) is 0 Å². The van der Waals surface area contributed by atoms with E-state index in [1.807, 2.05) is 18.2 Å². The third-order valence-corrected chi connectivity index (χ3v) is 2.87. The van der Waals surface area contributed by atoms with Crippen LogP contribution in [0.2, 0.25) is 0 Å². The summed E-state index contributed by atoms with van der Waals surface area (Å²) < 4.78 is 6.28. The fourth-order valence-corrected chi connectivity index (χ4v) is 1.76. The van der Waals surface area contributed by atoms with Crippen molar-refractivity contribution < 1.29 is 4.42 Å². The molecule has 0 aliphatic heterocycles. The maximum atomic E-state index is 5.19. The molecule has 1 heterocycles. The molecule has 0 saturated carbocycles. The third-order valence-electron chi connectivity index (χ3n) is 2.10. The van der Waals surface area contributed by atoms with Crippen molar-refractivity contribution in [1.82, 2.24) is 4.98 Å². The van der Waals surface area contributed by atoms with Crippen LogP contribution in [0.15, 0.2) is 39.4 Å². The summed E-state index contributed by atoms with van der Waals surface area (Å²) >= 11 is 3.50. The van der Waals surface area contributed by atoms with Gasteiger partial charge in [-0.15, -0.1) is 0 Å². The molecule has 0 aliphatic carbocycles. The van der Waals surface area contributed by atoms with E-state index in [4.69, 9.17) is 4.42 Å². The van der Waals surface area contributed by atoms with Gasteiger partial charge >= 0.3 is 0 Å². The van der Waals surface area contributed by atoms with E-state index < -0.39 is 0 Å². The van der Waals surface area contributed by atoms with E-state index in [1.165, 1.54) is 5.56 Å². The first-order valence-electron chi connectivity index (χ1n) is 4.65. The number of benzene rings is 1. The number of hydrogen-bond acceptors (Lipinski definition) is 3. The number of oxazole rings is 1. The molecule has 0 atom stereocenters. The molecule has 15 heavy (non-hydrogen) atoms. The van der Waals surface area contributed by atoms with Gasteiger partial charge in [0.25, 0.3) is 6.01 Å². The van der Waals surface area contributed by atoms with E-state index in [0.29, 0.717) is 6.01 Å². The highest BCUT2D eigenvalue weighted by molar-refractivity contribution is 9.10. The summed E-state index contributed by atoms with van der Waals surface area (Å²) in [5.41, 5.74) is 2.12. The van der Waals surface area contributed by atoms with Crippen molar-refractivity contribution in [1.29, 1.82) is 0 Å². The molecular weight excluding hydrogens is 256 g/mol. The van der Waals surface area contributed by atoms with E-state index in [1.54, 1.807) is 13.3 Å².